The third-order valence-corrected chi connectivity index (χ3v) is 5.21. The van der Waals surface area contributed by atoms with Gasteiger partial charge in [0.25, 0.3) is 0 Å². The summed E-state index contributed by atoms with van der Waals surface area (Å²) in [5.41, 5.74) is 3.36. The molecule has 3 rings (SSSR count). The maximum atomic E-state index is 10.3. The van der Waals surface area contributed by atoms with Gasteiger partial charge in [-0.25, -0.2) is 0 Å². The highest BCUT2D eigenvalue weighted by Crippen LogP contribution is 2.34. The SMILES string of the molecule is CSCC(C)(O)CNC1CCCc2c1[nH]c1ccccc21. The van der Waals surface area contributed by atoms with Gasteiger partial charge in [0.2, 0.25) is 0 Å². The van der Waals surface area contributed by atoms with Gasteiger partial charge in [0.1, 0.15) is 0 Å². The minimum Gasteiger partial charge on any atom is -0.388 e. The summed E-state index contributed by atoms with van der Waals surface area (Å²) >= 11 is 1.69. The Morgan fingerprint density at radius 2 is 2.24 bits per heavy atom. The summed E-state index contributed by atoms with van der Waals surface area (Å²) in [5.74, 6) is 0.756. The van der Waals surface area contributed by atoms with Crippen LogP contribution in [0.2, 0.25) is 0 Å². The fourth-order valence-electron chi connectivity index (χ4n) is 3.32. The molecule has 114 valence electrons. The summed E-state index contributed by atoms with van der Waals surface area (Å²) in [5, 5.41) is 15.3. The Labute approximate surface area is 130 Å². The molecule has 21 heavy (non-hydrogen) atoms. The third kappa shape index (κ3) is 3.12. The van der Waals surface area contributed by atoms with E-state index < -0.39 is 5.60 Å². The molecule has 2 aromatic rings. The highest BCUT2D eigenvalue weighted by molar-refractivity contribution is 7.98. The van der Waals surface area contributed by atoms with Gasteiger partial charge >= 0.3 is 0 Å². The number of H-pyrrole nitrogens is 1. The van der Waals surface area contributed by atoms with Crippen LogP contribution in [0.4, 0.5) is 0 Å². The van der Waals surface area contributed by atoms with Crippen molar-refractivity contribution < 1.29 is 5.11 Å². The molecule has 4 heteroatoms. The summed E-state index contributed by atoms with van der Waals surface area (Å²) in [6, 6.07) is 8.87. The zero-order valence-electron chi connectivity index (χ0n) is 12.8. The van der Waals surface area contributed by atoms with E-state index >= 15 is 0 Å². The van der Waals surface area contributed by atoms with Crippen molar-refractivity contribution in [3.8, 4) is 0 Å². The number of aromatic nitrogens is 1. The smallest absolute Gasteiger partial charge is 0.0833 e. The van der Waals surface area contributed by atoms with Gasteiger partial charge in [-0.1, -0.05) is 18.2 Å². The third-order valence-electron chi connectivity index (χ3n) is 4.30. The topological polar surface area (TPSA) is 48.0 Å². The first kappa shape index (κ1) is 14.9. The van der Waals surface area contributed by atoms with Crippen LogP contribution in [0.25, 0.3) is 10.9 Å². The van der Waals surface area contributed by atoms with Gasteiger partial charge in [-0.2, -0.15) is 11.8 Å². The second kappa shape index (κ2) is 6.03. The predicted molar refractivity (Wildman–Crippen MR) is 91.0 cm³/mol. The number of hydrogen-bond donors (Lipinski definition) is 3. The van der Waals surface area contributed by atoms with E-state index in [9.17, 15) is 5.11 Å². The number of nitrogens with one attached hydrogen (secondary N) is 2. The van der Waals surface area contributed by atoms with Crippen molar-refractivity contribution in [2.75, 3.05) is 18.6 Å². The molecule has 0 saturated carbocycles. The summed E-state index contributed by atoms with van der Waals surface area (Å²) in [4.78, 5) is 3.59. The van der Waals surface area contributed by atoms with Gasteiger partial charge in [0.15, 0.2) is 0 Å². The Balaban J connectivity index is 1.81. The molecule has 1 aromatic carbocycles. The minimum absolute atomic E-state index is 0.328. The number of rotatable bonds is 5. The lowest BCUT2D eigenvalue weighted by Crippen LogP contribution is -2.42. The molecule has 0 amide bonds. The van der Waals surface area contributed by atoms with E-state index in [-0.39, 0.29) is 0 Å². The average molecular weight is 304 g/mol. The largest absolute Gasteiger partial charge is 0.388 e. The highest BCUT2D eigenvalue weighted by Gasteiger charge is 2.27. The molecule has 0 fully saturated rings. The maximum Gasteiger partial charge on any atom is 0.0833 e. The number of aliphatic hydroxyl groups is 1. The molecule has 3 N–H and O–H groups in total. The summed E-state index contributed by atoms with van der Waals surface area (Å²) in [6.07, 6.45) is 5.52. The summed E-state index contributed by atoms with van der Waals surface area (Å²) < 4.78 is 0. The van der Waals surface area contributed by atoms with Gasteiger partial charge in [0.05, 0.1) is 5.60 Å². The molecule has 0 bridgehead atoms. The van der Waals surface area contributed by atoms with Crippen molar-refractivity contribution in [2.24, 2.45) is 0 Å². The van der Waals surface area contributed by atoms with Crippen LogP contribution < -0.4 is 5.32 Å². The van der Waals surface area contributed by atoms with Crippen LogP contribution in [0.3, 0.4) is 0 Å². The average Bonchev–Trinajstić information content (AvgIpc) is 2.84. The number of hydrogen-bond acceptors (Lipinski definition) is 3. The lowest BCUT2D eigenvalue weighted by molar-refractivity contribution is 0.0804. The van der Waals surface area contributed by atoms with Crippen molar-refractivity contribution in [2.45, 2.75) is 37.8 Å². The Hall–Kier alpha value is -0.970. The second-order valence-corrected chi connectivity index (χ2v) is 7.18. The number of thioether (sulfide) groups is 1. The summed E-state index contributed by atoms with van der Waals surface area (Å²) in [6.45, 7) is 2.54. The van der Waals surface area contributed by atoms with Crippen LogP contribution in [0.15, 0.2) is 24.3 Å². The minimum atomic E-state index is -0.650. The molecule has 1 aliphatic rings. The molecule has 1 aliphatic carbocycles. The van der Waals surface area contributed by atoms with Gasteiger partial charge < -0.3 is 15.4 Å². The maximum absolute atomic E-state index is 10.3. The molecule has 2 atom stereocenters. The van der Waals surface area contributed by atoms with Gasteiger partial charge in [-0.3, -0.25) is 0 Å². The number of fused-ring (bicyclic) bond motifs is 3. The van der Waals surface area contributed by atoms with Crippen molar-refractivity contribution in [3.63, 3.8) is 0 Å². The Kier molecular flexibility index (Phi) is 4.29. The highest BCUT2D eigenvalue weighted by atomic mass is 32.2. The molecular formula is C17H24N2OS. The first-order valence-electron chi connectivity index (χ1n) is 7.65. The molecule has 1 heterocycles. The lowest BCUT2D eigenvalue weighted by Gasteiger charge is -2.29. The lowest BCUT2D eigenvalue weighted by atomic mass is 9.91. The van der Waals surface area contributed by atoms with Crippen molar-refractivity contribution in [1.29, 1.82) is 0 Å². The molecular weight excluding hydrogens is 280 g/mol. The van der Waals surface area contributed by atoms with Gasteiger partial charge in [-0.15, -0.1) is 0 Å². The quantitative estimate of drug-likeness (QED) is 0.795. The van der Waals surface area contributed by atoms with Crippen molar-refractivity contribution >= 4 is 22.7 Å². The van der Waals surface area contributed by atoms with E-state index in [1.54, 1.807) is 11.8 Å². The zero-order chi connectivity index (χ0) is 14.9. The van der Waals surface area contributed by atoms with Crippen molar-refractivity contribution in [1.82, 2.24) is 10.3 Å². The predicted octanol–water partition coefficient (Wildman–Crippen LogP) is 3.25. The molecule has 0 radical (unpaired) electrons. The number of aryl methyl sites for hydroxylation is 1. The molecule has 1 aromatic heterocycles. The standard InChI is InChI=1S/C17H24N2OS/c1-17(20,11-21-2)10-18-15-9-5-7-13-12-6-3-4-8-14(12)19-16(13)15/h3-4,6,8,15,18-20H,5,7,9-11H2,1-2H3. The van der Waals surface area contributed by atoms with Gasteiger partial charge in [0, 0.05) is 34.9 Å². The normalized spacial score (nSPS) is 21.2. The van der Waals surface area contributed by atoms with E-state index in [0.717, 1.165) is 18.6 Å². The van der Waals surface area contributed by atoms with Crippen LogP contribution in [0.1, 0.15) is 37.1 Å². The number of aromatic amines is 1. The van der Waals surface area contributed by atoms with E-state index in [0.29, 0.717) is 12.6 Å². The van der Waals surface area contributed by atoms with E-state index in [1.165, 1.54) is 28.6 Å². The fourth-order valence-corrected chi connectivity index (χ4v) is 4.05. The van der Waals surface area contributed by atoms with Crippen LogP contribution in [-0.4, -0.2) is 34.2 Å². The molecule has 3 nitrogen and oxygen atoms in total. The molecule has 2 unspecified atom stereocenters. The van der Waals surface area contributed by atoms with Crippen LogP contribution >= 0.6 is 11.8 Å². The zero-order valence-corrected chi connectivity index (χ0v) is 13.6. The Morgan fingerprint density at radius 3 is 3.05 bits per heavy atom. The van der Waals surface area contributed by atoms with Gasteiger partial charge in [-0.05, 0) is 44.1 Å². The second-order valence-electron chi connectivity index (χ2n) is 6.32. The number of para-hydroxylation sites is 1. The molecule has 0 spiro atoms. The van der Waals surface area contributed by atoms with E-state index in [1.807, 2.05) is 13.2 Å². The van der Waals surface area contributed by atoms with Crippen molar-refractivity contribution in [3.05, 3.63) is 35.5 Å². The van der Waals surface area contributed by atoms with Crippen LogP contribution in [-0.2, 0) is 6.42 Å². The number of benzene rings is 1. The first-order chi connectivity index (χ1) is 10.1. The van der Waals surface area contributed by atoms with Crippen LogP contribution in [0, 0.1) is 0 Å². The fraction of sp³-hybridized carbons (Fsp3) is 0.529. The first-order valence-corrected chi connectivity index (χ1v) is 9.04. The van der Waals surface area contributed by atoms with E-state index in [2.05, 4.69) is 34.6 Å². The molecule has 0 aliphatic heterocycles. The molecule has 0 saturated heterocycles. The summed E-state index contributed by atoms with van der Waals surface area (Å²) in [7, 11) is 0. The van der Waals surface area contributed by atoms with Crippen LogP contribution in [0.5, 0.6) is 0 Å². The van der Waals surface area contributed by atoms with E-state index in [4.69, 9.17) is 0 Å². The Morgan fingerprint density at radius 1 is 1.43 bits per heavy atom. The monoisotopic (exact) mass is 304 g/mol. The Bertz CT molecular complexity index is 620.